The fraction of sp³-hybridized carbons (Fsp3) is 0. The van der Waals surface area contributed by atoms with Crippen molar-refractivity contribution in [3.05, 3.63) is 61.1 Å². The lowest BCUT2D eigenvalue weighted by Gasteiger charge is -2.05. The molecule has 0 unspecified atom stereocenters. The number of fused-ring (bicyclic) bond motifs is 1. The molecule has 0 aliphatic heterocycles. The molecule has 0 bridgehead atoms. The molecular formula is C16H11N5. The quantitative estimate of drug-likeness (QED) is 0.609. The highest BCUT2D eigenvalue weighted by Crippen LogP contribution is 2.25. The third kappa shape index (κ3) is 2.04. The third-order valence-corrected chi connectivity index (χ3v) is 3.23. The molecule has 0 saturated heterocycles. The van der Waals surface area contributed by atoms with Crippen molar-refractivity contribution in [1.29, 1.82) is 0 Å². The second-order valence-electron chi connectivity index (χ2n) is 4.58. The Kier molecular flexibility index (Phi) is 2.67. The molecule has 3 aromatic heterocycles. The smallest absolute Gasteiger partial charge is 0.181 e. The standard InChI is InChI=1S/C16H11N5/c1-2-6-11(7-3-1)15-20-13(12-8-4-5-9-17-12)14-16(21-15)19-10-18-14/h1-10H,(H,18,19,20,21). The highest BCUT2D eigenvalue weighted by Gasteiger charge is 2.13. The third-order valence-electron chi connectivity index (χ3n) is 3.23. The molecule has 100 valence electrons. The molecule has 3 heterocycles. The van der Waals surface area contributed by atoms with Crippen LogP contribution < -0.4 is 0 Å². The molecule has 0 spiro atoms. The summed E-state index contributed by atoms with van der Waals surface area (Å²) in [7, 11) is 0. The van der Waals surface area contributed by atoms with Crippen LogP contribution in [0.3, 0.4) is 0 Å². The lowest BCUT2D eigenvalue weighted by Crippen LogP contribution is -1.95. The van der Waals surface area contributed by atoms with Crippen molar-refractivity contribution < 1.29 is 0 Å². The van der Waals surface area contributed by atoms with Gasteiger partial charge in [0, 0.05) is 11.8 Å². The van der Waals surface area contributed by atoms with Crippen molar-refractivity contribution in [2.24, 2.45) is 0 Å². The fourth-order valence-corrected chi connectivity index (χ4v) is 2.24. The van der Waals surface area contributed by atoms with Crippen LogP contribution in [-0.2, 0) is 0 Å². The predicted molar refractivity (Wildman–Crippen MR) is 80.4 cm³/mol. The van der Waals surface area contributed by atoms with Crippen LogP contribution in [0.1, 0.15) is 0 Å². The van der Waals surface area contributed by atoms with Gasteiger partial charge in [0.25, 0.3) is 0 Å². The summed E-state index contributed by atoms with van der Waals surface area (Å²) in [6.45, 7) is 0. The molecule has 0 saturated carbocycles. The van der Waals surface area contributed by atoms with Gasteiger partial charge in [0.05, 0.1) is 12.0 Å². The number of rotatable bonds is 2. The molecule has 4 aromatic rings. The molecule has 5 heteroatoms. The second-order valence-corrected chi connectivity index (χ2v) is 4.58. The molecule has 21 heavy (non-hydrogen) atoms. The van der Waals surface area contributed by atoms with E-state index in [1.54, 1.807) is 12.5 Å². The van der Waals surface area contributed by atoms with Crippen LogP contribution in [-0.4, -0.2) is 24.9 Å². The van der Waals surface area contributed by atoms with Crippen LogP contribution in [0.2, 0.25) is 0 Å². The topological polar surface area (TPSA) is 67.3 Å². The van der Waals surface area contributed by atoms with Gasteiger partial charge < -0.3 is 4.98 Å². The van der Waals surface area contributed by atoms with Crippen molar-refractivity contribution >= 4 is 11.2 Å². The summed E-state index contributed by atoms with van der Waals surface area (Å²) in [5.41, 5.74) is 3.96. The first-order valence-electron chi connectivity index (χ1n) is 6.60. The summed E-state index contributed by atoms with van der Waals surface area (Å²) >= 11 is 0. The van der Waals surface area contributed by atoms with Crippen LogP contribution in [0.5, 0.6) is 0 Å². The average molecular weight is 273 g/mol. The lowest BCUT2D eigenvalue weighted by molar-refractivity contribution is 1.19. The van der Waals surface area contributed by atoms with E-state index in [-0.39, 0.29) is 0 Å². The Balaban J connectivity index is 2.00. The molecule has 4 rings (SSSR count). The zero-order chi connectivity index (χ0) is 14.1. The molecule has 0 atom stereocenters. The van der Waals surface area contributed by atoms with Crippen LogP contribution in [0.4, 0.5) is 0 Å². The lowest BCUT2D eigenvalue weighted by atomic mass is 10.2. The molecular weight excluding hydrogens is 262 g/mol. The van der Waals surface area contributed by atoms with Crippen LogP contribution in [0, 0.1) is 0 Å². The van der Waals surface area contributed by atoms with Gasteiger partial charge in [0.1, 0.15) is 11.2 Å². The molecule has 1 aromatic carbocycles. The van der Waals surface area contributed by atoms with Gasteiger partial charge in [-0.25, -0.2) is 15.0 Å². The minimum absolute atomic E-state index is 0.643. The van der Waals surface area contributed by atoms with E-state index in [4.69, 9.17) is 0 Å². The van der Waals surface area contributed by atoms with Gasteiger partial charge in [-0.15, -0.1) is 0 Å². The van der Waals surface area contributed by atoms with E-state index in [1.807, 2.05) is 48.5 Å². The van der Waals surface area contributed by atoms with Gasteiger partial charge in [-0.1, -0.05) is 36.4 Å². The van der Waals surface area contributed by atoms with E-state index in [2.05, 4.69) is 24.9 Å². The maximum absolute atomic E-state index is 4.67. The normalized spacial score (nSPS) is 10.9. The Morgan fingerprint density at radius 3 is 2.48 bits per heavy atom. The van der Waals surface area contributed by atoms with E-state index in [0.717, 1.165) is 22.5 Å². The number of hydrogen-bond acceptors (Lipinski definition) is 4. The average Bonchev–Trinajstić information content (AvgIpc) is 3.04. The zero-order valence-corrected chi connectivity index (χ0v) is 11.1. The van der Waals surface area contributed by atoms with Crippen molar-refractivity contribution in [1.82, 2.24) is 24.9 Å². The number of nitrogens with zero attached hydrogens (tertiary/aromatic N) is 4. The van der Waals surface area contributed by atoms with E-state index in [1.165, 1.54) is 0 Å². The van der Waals surface area contributed by atoms with E-state index in [9.17, 15) is 0 Å². The summed E-state index contributed by atoms with van der Waals surface area (Å²) in [6, 6.07) is 15.6. The first-order valence-corrected chi connectivity index (χ1v) is 6.60. The molecule has 0 aliphatic rings. The number of pyridine rings is 1. The van der Waals surface area contributed by atoms with Gasteiger partial charge in [0.15, 0.2) is 11.5 Å². The number of hydrogen-bond donors (Lipinski definition) is 1. The zero-order valence-electron chi connectivity index (χ0n) is 11.1. The van der Waals surface area contributed by atoms with Crippen molar-refractivity contribution in [2.75, 3.05) is 0 Å². The summed E-state index contributed by atoms with van der Waals surface area (Å²) in [5, 5.41) is 0. The Bertz CT molecular complexity index is 884. The van der Waals surface area contributed by atoms with Crippen molar-refractivity contribution in [3.63, 3.8) is 0 Å². The maximum atomic E-state index is 4.67. The first kappa shape index (κ1) is 11.7. The minimum Gasteiger partial charge on any atom is -0.341 e. The van der Waals surface area contributed by atoms with Gasteiger partial charge >= 0.3 is 0 Å². The van der Waals surface area contributed by atoms with E-state index >= 15 is 0 Å². The van der Waals surface area contributed by atoms with Gasteiger partial charge in [-0.2, -0.15) is 0 Å². The highest BCUT2D eigenvalue weighted by molar-refractivity contribution is 5.87. The molecule has 0 amide bonds. The number of nitrogens with one attached hydrogen (secondary N) is 1. The highest BCUT2D eigenvalue weighted by atomic mass is 15.0. The number of H-pyrrole nitrogens is 1. The first-order chi connectivity index (χ1) is 10.4. The summed E-state index contributed by atoms with van der Waals surface area (Å²) < 4.78 is 0. The van der Waals surface area contributed by atoms with Gasteiger partial charge in [-0.05, 0) is 12.1 Å². The monoisotopic (exact) mass is 273 g/mol. The summed E-state index contributed by atoms with van der Waals surface area (Å²) in [6.07, 6.45) is 3.38. The Morgan fingerprint density at radius 1 is 0.810 bits per heavy atom. The molecule has 0 radical (unpaired) electrons. The number of aromatic amines is 1. The van der Waals surface area contributed by atoms with Crippen molar-refractivity contribution in [3.8, 4) is 22.8 Å². The largest absolute Gasteiger partial charge is 0.341 e. The molecule has 5 nitrogen and oxygen atoms in total. The number of imidazole rings is 1. The van der Waals surface area contributed by atoms with Crippen LogP contribution >= 0.6 is 0 Å². The fourth-order valence-electron chi connectivity index (χ4n) is 2.24. The molecule has 1 N–H and O–H groups in total. The Labute approximate surface area is 120 Å². The molecule has 0 fully saturated rings. The SMILES string of the molecule is c1ccc(-c2nc(-c3ccccn3)c3[nH]cnc3n2)cc1. The molecule has 0 aliphatic carbocycles. The minimum atomic E-state index is 0.643. The summed E-state index contributed by atoms with van der Waals surface area (Å²) in [4.78, 5) is 20.9. The van der Waals surface area contributed by atoms with E-state index < -0.39 is 0 Å². The Hall–Kier alpha value is -3.08. The van der Waals surface area contributed by atoms with Crippen LogP contribution in [0.25, 0.3) is 33.9 Å². The number of aromatic nitrogens is 5. The number of benzene rings is 1. The van der Waals surface area contributed by atoms with Crippen molar-refractivity contribution in [2.45, 2.75) is 0 Å². The van der Waals surface area contributed by atoms with Crippen LogP contribution in [0.15, 0.2) is 61.1 Å². The van der Waals surface area contributed by atoms with E-state index in [0.29, 0.717) is 11.5 Å². The predicted octanol–water partition coefficient (Wildman–Crippen LogP) is 3.08. The van der Waals surface area contributed by atoms with Gasteiger partial charge in [0.2, 0.25) is 0 Å². The van der Waals surface area contributed by atoms with Gasteiger partial charge in [-0.3, -0.25) is 4.98 Å². The Morgan fingerprint density at radius 2 is 1.67 bits per heavy atom. The second kappa shape index (κ2) is 4.79. The maximum Gasteiger partial charge on any atom is 0.181 e. The summed E-state index contributed by atoms with van der Waals surface area (Å²) in [5.74, 6) is 0.649.